The van der Waals surface area contributed by atoms with Gasteiger partial charge in [-0.2, -0.15) is 0 Å². The van der Waals surface area contributed by atoms with Crippen LogP contribution in [0.2, 0.25) is 0 Å². The van der Waals surface area contributed by atoms with E-state index in [0.29, 0.717) is 5.69 Å². The Morgan fingerprint density at radius 3 is 2.86 bits per heavy atom. The van der Waals surface area contributed by atoms with Crippen molar-refractivity contribution in [3.8, 4) is 0 Å². The SMILES string of the molecule is CC(=O)c1cc(C)c2occc2n1.O. The van der Waals surface area contributed by atoms with Gasteiger partial charge in [-0.25, -0.2) is 4.98 Å². The molecule has 2 N–H and O–H groups in total. The molecule has 0 saturated carbocycles. The molecule has 0 aromatic carbocycles. The van der Waals surface area contributed by atoms with Gasteiger partial charge in [0.15, 0.2) is 11.4 Å². The molecule has 4 nitrogen and oxygen atoms in total. The van der Waals surface area contributed by atoms with Crippen LogP contribution in [0, 0.1) is 6.92 Å². The van der Waals surface area contributed by atoms with Crippen molar-refractivity contribution < 1.29 is 14.7 Å². The van der Waals surface area contributed by atoms with Gasteiger partial charge in [0.05, 0.1) is 6.26 Å². The Balaban J connectivity index is 0.000000980. The summed E-state index contributed by atoms with van der Waals surface area (Å²) < 4.78 is 5.21. The van der Waals surface area contributed by atoms with Crippen LogP contribution >= 0.6 is 0 Å². The molecule has 0 radical (unpaired) electrons. The number of aromatic nitrogens is 1. The summed E-state index contributed by atoms with van der Waals surface area (Å²) in [5, 5.41) is 0. The monoisotopic (exact) mass is 193 g/mol. The molecule has 0 spiro atoms. The molecule has 2 heterocycles. The Morgan fingerprint density at radius 1 is 1.50 bits per heavy atom. The van der Waals surface area contributed by atoms with E-state index in [-0.39, 0.29) is 11.3 Å². The Kier molecular flexibility index (Phi) is 2.67. The number of carbonyl (C=O) groups excluding carboxylic acids is 1. The van der Waals surface area contributed by atoms with E-state index >= 15 is 0 Å². The highest BCUT2D eigenvalue weighted by Crippen LogP contribution is 2.18. The minimum atomic E-state index is -0.0220. The third-order valence-corrected chi connectivity index (χ3v) is 1.96. The van der Waals surface area contributed by atoms with E-state index in [0.717, 1.165) is 16.7 Å². The lowest BCUT2D eigenvalue weighted by Gasteiger charge is -1.97. The zero-order chi connectivity index (χ0) is 9.42. The van der Waals surface area contributed by atoms with Gasteiger partial charge in [-0.05, 0) is 18.6 Å². The van der Waals surface area contributed by atoms with Crippen LogP contribution in [0.1, 0.15) is 23.0 Å². The Hall–Kier alpha value is -1.68. The molecule has 0 bridgehead atoms. The zero-order valence-electron chi connectivity index (χ0n) is 8.00. The van der Waals surface area contributed by atoms with Crippen LogP contribution in [0.4, 0.5) is 0 Å². The fourth-order valence-electron chi connectivity index (χ4n) is 1.30. The summed E-state index contributed by atoms with van der Waals surface area (Å²) in [6.45, 7) is 3.41. The predicted octanol–water partition coefficient (Wildman–Crippen LogP) is 1.51. The molecular formula is C10H11NO3. The number of furan rings is 1. The lowest BCUT2D eigenvalue weighted by Crippen LogP contribution is -1.96. The largest absolute Gasteiger partial charge is 0.462 e. The standard InChI is InChI=1S/C10H9NO2.H2O/c1-6-5-9(7(2)12)11-8-3-4-13-10(6)8;/h3-5H,1-2H3;1H2. The molecule has 0 unspecified atom stereocenters. The number of carbonyl (C=O) groups is 1. The predicted molar refractivity (Wildman–Crippen MR) is 52.4 cm³/mol. The Bertz CT molecular complexity index is 473. The van der Waals surface area contributed by atoms with E-state index in [1.807, 2.05) is 6.92 Å². The van der Waals surface area contributed by atoms with Crippen molar-refractivity contribution in [2.45, 2.75) is 13.8 Å². The topological polar surface area (TPSA) is 74.6 Å². The Morgan fingerprint density at radius 2 is 2.21 bits per heavy atom. The number of fused-ring (bicyclic) bond motifs is 1. The van der Waals surface area contributed by atoms with Crippen LogP contribution in [0.3, 0.4) is 0 Å². The molecule has 14 heavy (non-hydrogen) atoms. The minimum absolute atomic E-state index is 0. The maximum Gasteiger partial charge on any atom is 0.178 e. The van der Waals surface area contributed by atoms with Crippen molar-refractivity contribution >= 4 is 16.9 Å². The van der Waals surface area contributed by atoms with E-state index in [9.17, 15) is 4.79 Å². The molecule has 0 aliphatic carbocycles. The van der Waals surface area contributed by atoms with Crippen molar-refractivity contribution in [3.63, 3.8) is 0 Å². The highest BCUT2D eigenvalue weighted by atomic mass is 16.3. The maximum atomic E-state index is 11.1. The number of Topliss-reactive ketones (excluding diaryl/α,β-unsaturated/α-hetero) is 1. The normalized spacial score (nSPS) is 9.86. The minimum Gasteiger partial charge on any atom is -0.462 e. The van der Waals surface area contributed by atoms with Gasteiger partial charge in [0.25, 0.3) is 0 Å². The third kappa shape index (κ3) is 1.52. The summed E-state index contributed by atoms with van der Waals surface area (Å²) in [6.07, 6.45) is 1.58. The summed E-state index contributed by atoms with van der Waals surface area (Å²) in [5.41, 5.74) is 2.93. The van der Waals surface area contributed by atoms with Crippen LogP contribution in [-0.4, -0.2) is 16.2 Å². The summed E-state index contributed by atoms with van der Waals surface area (Å²) in [5.74, 6) is -0.0220. The molecule has 2 aromatic rings. The summed E-state index contributed by atoms with van der Waals surface area (Å²) in [6, 6.07) is 3.50. The smallest absolute Gasteiger partial charge is 0.178 e. The second-order valence-corrected chi connectivity index (χ2v) is 3.02. The lowest BCUT2D eigenvalue weighted by atomic mass is 10.2. The number of ketones is 1. The number of aryl methyl sites for hydroxylation is 1. The maximum absolute atomic E-state index is 11.1. The van der Waals surface area contributed by atoms with E-state index in [1.54, 1.807) is 18.4 Å². The van der Waals surface area contributed by atoms with Gasteiger partial charge >= 0.3 is 0 Å². The first-order valence-corrected chi connectivity index (χ1v) is 4.04. The highest BCUT2D eigenvalue weighted by Gasteiger charge is 2.07. The van der Waals surface area contributed by atoms with Gasteiger partial charge in [0.1, 0.15) is 11.2 Å². The van der Waals surface area contributed by atoms with Crippen molar-refractivity contribution in [2.75, 3.05) is 0 Å². The molecule has 0 atom stereocenters. The summed E-state index contributed by atoms with van der Waals surface area (Å²) in [4.78, 5) is 15.2. The van der Waals surface area contributed by atoms with E-state index in [2.05, 4.69) is 4.98 Å². The molecule has 0 aliphatic rings. The van der Waals surface area contributed by atoms with Gasteiger partial charge in [-0.3, -0.25) is 4.79 Å². The van der Waals surface area contributed by atoms with Gasteiger partial charge in [0.2, 0.25) is 0 Å². The molecule has 0 saturated heterocycles. The highest BCUT2D eigenvalue weighted by molar-refractivity contribution is 5.94. The molecule has 74 valence electrons. The second kappa shape index (κ2) is 3.59. The molecule has 2 aromatic heterocycles. The number of pyridine rings is 1. The van der Waals surface area contributed by atoms with E-state index < -0.39 is 0 Å². The molecule has 0 fully saturated rings. The van der Waals surface area contributed by atoms with Crippen molar-refractivity contribution in [2.24, 2.45) is 0 Å². The number of hydrogen-bond donors (Lipinski definition) is 0. The molecular weight excluding hydrogens is 182 g/mol. The Labute approximate surface area is 80.9 Å². The lowest BCUT2D eigenvalue weighted by molar-refractivity contribution is 0.101. The quantitative estimate of drug-likeness (QED) is 0.644. The molecule has 0 aliphatic heterocycles. The second-order valence-electron chi connectivity index (χ2n) is 3.02. The van der Waals surface area contributed by atoms with Crippen molar-refractivity contribution in [1.29, 1.82) is 0 Å². The molecule has 2 rings (SSSR count). The number of hydrogen-bond acceptors (Lipinski definition) is 3. The summed E-state index contributed by atoms with van der Waals surface area (Å²) >= 11 is 0. The number of rotatable bonds is 1. The first-order chi connectivity index (χ1) is 6.18. The first kappa shape index (κ1) is 10.4. The third-order valence-electron chi connectivity index (χ3n) is 1.96. The summed E-state index contributed by atoms with van der Waals surface area (Å²) in [7, 11) is 0. The van der Waals surface area contributed by atoms with Crippen LogP contribution in [0.15, 0.2) is 22.8 Å². The van der Waals surface area contributed by atoms with Crippen LogP contribution in [0.25, 0.3) is 11.1 Å². The van der Waals surface area contributed by atoms with Crippen molar-refractivity contribution in [1.82, 2.24) is 4.98 Å². The van der Waals surface area contributed by atoms with Gasteiger partial charge in [0, 0.05) is 13.0 Å². The fraction of sp³-hybridized carbons (Fsp3) is 0.200. The van der Waals surface area contributed by atoms with Gasteiger partial charge < -0.3 is 9.89 Å². The average Bonchev–Trinajstić information content (AvgIpc) is 2.51. The van der Waals surface area contributed by atoms with Crippen LogP contribution in [-0.2, 0) is 0 Å². The van der Waals surface area contributed by atoms with Crippen LogP contribution < -0.4 is 0 Å². The fourth-order valence-corrected chi connectivity index (χ4v) is 1.30. The van der Waals surface area contributed by atoms with E-state index in [4.69, 9.17) is 4.42 Å². The zero-order valence-corrected chi connectivity index (χ0v) is 8.00. The van der Waals surface area contributed by atoms with Crippen molar-refractivity contribution in [3.05, 3.63) is 29.7 Å². The molecule has 0 amide bonds. The van der Waals surface area contributed by atoms with Gasteiger partial charge in [-0.15, -0.1) is 0 Å². The first-order valence-electron chi connectivity index (χ1n) is 4.04. The van der Waals surface area contributed by atoms with Crippen LogP contribution in [0.5, 0.6) is 0 Å². The average molecular weight is 193 g/mol. The number of nitrogens with zero attached hydrogens (tertiary/aromatic N) is 1. The van der Waals surface area contributed by atoms with Gasteiger partial charge in [-0.1, -0.05) is 0 Å². The van der Waals surface area contributed by atoms with E-state index in [1.165, 1.54) is 6.92 Å². The molecule has 4 heteroatoms.